The van der Waals surface area contributed by atoms with E-state index in [1.807, 2.05) is 0 Å². The zero-order valence-electron chi connectivity index (χ0n) is 5.82. The number of carbonyl (C=O) groups excluding carboxylic acids is 1. The molecule has 11 heavy (non-hydrogen) atoms. The van der Waals surface area contributed by atoms with E-state index in [1.165, 1.54) is 0 Å². The van der Waals surface area contributed by atoms with Gasteiger partial charge in [0.2, 0.25) is 0 Å². The number of carbonyl (C=O) groups is 1. The molecule has 1 unspecified atom stereocenters. The Hall–Kier alpha value is -0.118. The molecule has 0 bridgehead atoms. The summed E-state index contributed by atoms with van der Waals surface area (Å²) in [6, 6.07) is 0. The van der Waals surface area contributed by atoms with Gasteiger partial charge in [-0.05, 0) is 6.54 Å². The van der Waals surface area contributed by atoms with Crippen LogP contribution in [0.4, 0.5) is 0 Å². The SMILES string of the molecule is [Cr].[NH-]CC(=O)OCC(O)CO. The molecule has 0 spiro atoms. The molecule has 0 aliphatic carbocycles. The van der Waals surface area contributed by atoms with Crippen molar-refractivity contribution in [3.8, 4) is 0 Å². The van der Waals surface area contributed by atoms with Crippen LogP contribution in [-0.4, -0.2) is 42.0 Å². The van der Waals surface area contributed by atoms with Crippen LogP contribution in [0.3, 0.4) is 0 Å². The summed E-state index contributed by atoms with van der Waals surface area (Å²) in [5.41, 5.74) is 6.49. The molecule has 0 fully saturated rings. The summed E-state index contributed by atoms with van der Waals surface area (Å²) in [6.45, 7) is -1.14. The molecule has 0 aliphatic heterocycles. The maximum Gasteiger partial charge on any atom is 0.284 e. The second-order valence-corrected chi connectivity index (χ2v) is 1.70. The molecule has 0 aromatic carbocycles. The fourth-order valence-electron chi connectivity index (χ4n) is 0.293. The predicted molar refractivity (Wildman–Crippen MR) is 33.2 cm³/mol. The third kappa shape index (κ3) is 7.78. The first-order valence-corrected chi connectivity index (χ1v) is 2.79. The van der Waals surface area contributed by atoms with Crippen molar-refractivity contribution in [2.45, 2.75) is 6.10 Å². The van der Waals surface area contributed by atoms with Crippen molar-refractivity contribution in [1.29, 1.82) is 0 Å². The molecule has 1 atom stereocenters. The first-order chi connectivity index (χ1) is 4.70. The summed E-state index contributed by atoms with van der Waals surface area (Å²) >= 11 is 0. The Balaban J connectivity index is 0. The van der Waals surface area contributed by atoms with E-state index in [9.17, 15) is 4.79 Å². The van der Waals surface area contributed by atoms with E-state index < -0.39 is 25.2 Å². The number of hydrogen-bond acceptors (Lipinski definition) is 4. The van der Waals surface area contributed by atoms with Crippen molar-refractivity contribution in [2.24, 2.45) is 0 Å². The van der Waals surface area contributed by atoms with Crippen molar-refractivity contribution in [2.75, 3.05) is 19.8 Å². The van der Waals surface area contributed by atoms with Gasteiger partial charge in [-0.1, -0.05) is 0 Å². The number of aliphatic hydroxyl groups excluding tert-OH is 2. The molecule has 0 saturated carbocycles. The summed E-state index contributed by atoms with van der Waals surface area (Å²) in [5, 5.41) is 16.8. The van der Waals surface area contributed by atoms with Crippen LogP contribution in [0.2, 0.25) is 0 Å². The Morgan fingerprint density at radius 2 is 2.18 bits per heavy atom. The molecular weight excluding hydrogens is 190 g/mol. The number of hydrogen-bond donors (Lipinski definition) is 2. The minimum Gasteiger partial charge on any atom is -0.668 e. The van der Waals surface area contributed by atoms with Crippen LogP contribution in [-0.2, 0) is 26.9 Å². The minimum absolute atomic E-state index is 0. The van der Waals surface area contributed by atoms with Crippen molar-refractivity contribution >= 4 is 5.97 Å². The van der Waals surface area contributed by atoms with E-state index in [-0.39, 0.29) is 24.0 Å². The minimum atomic E-state index is -1.03. The van der Waals surface area contributed by atoms with Gasteiger partial charge in [-0.3, -0.25) is 4.79 Å². The van der Waals surface area contributed by atoms with Crippen molar-refractivity contribution in [3.63, 3.8) is 0 Å². The van der Waals surface area contributed by atoms with Crippen molar-refractivity contribution in [3.05, 3.63) is 5.73 Å². The summed E-state index contributed by atoms with van der Waals surface area (Å²) < 4.78 is 4.31. The van der Waals surface area contributed by atoms with E-state index in [0.717, 1.165) is 0 Å². The van der Waals surface area contributed by atoms with Gasteiger partial charge in [0.05, 0.1) is 6.61 Å². The van der Waals surface area contributed by atoms with Crippen LogP contribution in [0.25, 0.3) is 5.73 Å². The van der Waals surface area contributed by atoms with Gasteiger partial charge >= 0.3 is 0 Å². The summed E-state index contributed by atoms with van der Waals surface area (Å²) in [7, 11) is 0. The van der Waals surface area contributed by atoms with Gasteiger partial charge in [-0.2, -0.15) is 0 Å². The second kappa shape index (κ2) is 7.98. The van der Waals surface area contributed by atoms with Crippen LogP contribution in [0.15, 0.2) is 0 Å². The van der Waals surface area contributed by atoms with E-state index in [0.29, 0.717) is 0 Å². The molecule has 6 heteroatoms. The Bertz CT molecular complexity index is 111. The smallest absolute Gasteiger partial charge is 0.284 e. The molecule has 0 radical (unpaired) electrons. The Kier molecular flexibility index (Phi) is 9.78. The summed E-state index contributed by atoms with van der Waals surface area (Å²) in [4.78, 5) is 10.2. The average Bonchev–Trinajstić information content (AvgIpc) is 1.99. The molecule has 66 valence electrons. The molecular formula is C5H10CrNO4-. The molecule has 0 amide bonds. The molecule has 0 aliphatic rings. The molecule has 3 N–H and O–H groups in total. The maximum atomic E-state index is 10.2. The van der Waals surface area contributed by atoms with Gasteiger partial charge in [-0.25, -0.2) is 0 Å². The van der Waals surface area contributed by atoms with E-state index in [2.05, 4.69) is 4.74 Å². The monoisotopic (exact) mass is 200 g/mol. The second-order valence-electron chi connectivity index (χ2n) is 1.70. The Morgan fingerprint density at radius 3 is 2.55 bits per heavy atom. The molecule has 0 saturated heterocycles. The van der Waals surface area contributed by atoms with Gasteiger partial charge in [0.1, 0.15) is 12.7 Å². The van der Waals surface area contributed by atoms with E-state index in [4.69, 9.17) is 15.9 Å². The summed E-state index contributed by atoms with van der Waals surface area (Å²) in [6.07, 6.45) is -1.03. The first kappa shape index (κ1) is 13.5. The fraction of sp³-hybridized carbons (Fsp3) is 0.800. The van der Waals surface area contributed by atoms with Crippen LogP contribution in [0.1, 0.15) is 0 Å². The number of rotatable bonds is 4. The normalized spacial score (nSPS) is 11.5. The third-order valence-electron chi connectivity index (χ3n) is 0.792. The Labute approximate surface area is 75.3 Å². The molecule has 0 aromatic heterocycles. The standard InChI is InChI=1S/C5H10NO4.Cr/c6-1-5(9)10-3-4(8)2-7;/h4,6-8H,1-3H2;/q-1;. The fourth-order valence-corrected chi connectivity index (χ4v) is 0.293. The van der Waals surface area contributed by atoms with Crippen LogP contribution < -0.4 is 0 Å². The first-order valence-electron chi connectivity index (χ1n) is 2.79. The van der Waals surface area contributed by atoms with Gasteiger partial charge in [-0.15, -0.1) is 0 Å². The molecule has 0 heterocycles. The van der Waals surface area contributed by atoms with E-state index in [1.54, 1.807) is 0 Å². The van der Waals surface area contributed by atoms with E-state index >= 15 is 0 Å². The van der Waals surface area contributed by atoms with Crippen molar-refractivity contribution < 1.29 is 37.1 Å². The van der Waals surface area contributed by atoms with Gasteiger partial charge in [0.15, 0.2) is 0 Å². The summed E-state index contributed by atoms with van der Waals surface area (Å²) in [5.74, 6) is -0.701. The zero-order chi connectivity index (χ0) is 7.98. The van der Waals surface area contributed by atoms with Crippen LogP contribution in [0.5, 0.6) is 0 Å². The maximum absolute atomic E-state index is 10.2. The van der Waals surface area contributed by atoms with Crippen LogP contribution >= 0.6 is 0 Å². The molecule has 0 rings (SSSR count). The third-order valence-corrected chi connectivity index (χ3v) is 0.792. The number of ether oxygens (including phenoxy) is 1. The van der Waals surface area contributed by atoms with Crippen molar-refractivity contribution in [1.82, 2.24) is 0 Å². The number of esters is 1. The molecule has 0 aromatic rings. The zero-order valence-corrected chi connectivity index (χ0v) is 7.09. The predicted octanol–water partition coefficient (Wildman–Crippen LogP) is -1.07. The van der Waals surface area contributed by atoms with Gasteiger partial charge < -0.3 is 20.7 Å². The van der Waals surface area contributed by atoms with Gasteiger partial charge in [0.25, 0.3) is 5.97 Å². The topological polar surface area (TPSA) is 90.6 Å². The largest absolute Gasteiger partial charge is 0.668 e. The van der Waals surface area contributed by atoms with Gasteiger partial charge in [0, 0.05) is 17.4 Å². The number of aliphatic hydroxyl groups is 2. The van der Waals surface area contributed by atoms with Crippen LogP contribution in [0, 0.1) is 0 Å². The number of nitrogens with one attached hydrogen (secondary N) is 1. The quantitative estimate of drug-likeness (QED) is 0.565. The molecule has 5 nitrogen and oxygen atoms in total. The average molecular weight is 200 g/mol. The Morgan fingerprint density at radius 1 is 1.64 bits per heavy atom.